The van der Waals surface area contributed by atoms with Crippen LogP contribution in [0.15, 0.2) is 81.8 Å². The predicted molar refractivity (Wildman–Crippen MR) is 97.0 cm³/mol. The lowest BCUT2D eigenvalue weighted by Crippen LogP contribution is -2.02. The zero-order valence-electron chi connectivity index (χ0n) is 12.6. The van der Waals surface area contributed by atoms with Crippen LogP contribution in [0.2, 0.25) is 0 Å². The molecule has 0 unspecified atom stereocenters. The second-order valence-electron chi connectivity index (χ2n) is 5.35. The summed E-state index contributed by atoms with van der Waals surface area (Å²) in [6.07, 6.45) is 1.69. The Bertz CT molecular complexity index is 1020. The van der Waals surface area contributed by atoms with E-state index in [-0.39, 0.29) is 5.78 Å². The van der Waals surface area contributed by atoms with Crippen molar-refractivity contribution in [2.45, 2.75) is 0 Å². The van der Waals surface area contributed by atoms with E-state index in [9.17, 15) is 4.79 Å². The van der Waals surface area contributed by atoms with Gasteiger partial charge in [0, 0.05) is 21.6 Å². The standard InChI is InChI=1S/C20H12BrNO2/c21-14-10-8-13(9-11-14)19(23)18-15-5-1-2-7-17(15)24-20(18)16-6-3-4-12-22-16/h1-12H. The van der Waals surface area contributed by atoms with Gasteiger partial charge in [0.1, 0.15) is 11.3 Å². The number of hydrogen-bond acceptors (Lipinski definition) is 3. The maximum Gasteiger partial charge on any atom is 0.197 e. The van der Waals surface area contributed by atoms with Crippen molar-refractivity contribution in [3.8, 4) is 11.5 Å². The third-order valence-electron chi connectivity index (χ3n) is 3.83. The molecule has 2 heterocycles. The van der Waals surface area contributed by atoms with Gasteiger partial charge in [0.05, 0.1) is 5.56 Å². The van der Waals surface area contributed by atoms with Gasteiger partial charge in [-0.15, -0.1) is 0 Å². The summed E-state index contributed by atoms with van der Waals surface area (Å²) in [6.45, 7) is 0. The van der Waals surface area contributed by atoms with Crippen molar-refractivity contribution < 1.29 is 9.21 Å². The lowest BCUT2D eigenvalue weighted by atomic mass is 9.99. The molecule has 0 aliphatic heterocycles. The van der Waals surface area contributed by atoms with Crippen LogP contribution in [0.1, 0.15) is 15.9 Å². The van der Waals surface area contributed by atoms with Crippen molar-refractivity contribution in [2.24, 2.45) is 0 Å². The number of carbonyl (C=O) groups is 1. The fourth-order valence-corrected chi connectivity index (χ4v) is 2.96. The first-order chi connectivity index (χ1) is 11.7. The molecule has 0 saturated carbocycles. The molecule has 4 heteroatoms. The fourth-order valence-electron chi connectivity index (χ4n) is 2.69. The number of fused-ring (bicyclic) bond motifs is 1. The van der Waals surface area contributed by atoms with Crippen LogP contribution in [0.5, 0.6) is 0 Å². The Kier molecular flexibility index (Phi) is 3.75. The second kappa shape index (κ2) is 6.06. The highest BCUT2D eigenvalue weighted by atomic mass is 79.9. The van der Waals surface area contributed by atoms with Crippen molar-refractivity contribution in [3.05, 3.63) is 88.5 Å². The fraction of sp³-hybridized carbons (Fsp3) is 0. The zero-order valence-corrected chi connectivity index (χ0v) is 14.2. The molecule has 0 aliphatic rings. The van der Waals surface area contributed by atoms with Crippen LogP contribution >= 0.6 is 15.9 Å². The van der Waals surface area contributed by atoms with E-state index in [2.05, 4.69) is 20.9 Å². The summed E-state index contributed by atoms with van der Waals surface area (Å²) < 4.78 is 6.89. The maximum atomic E-state index is 13.1. The molecule has 0 saturated heterocycles. The molecule has 2 aromatic heterocycles. The molecular formula is C20H12BrNO2. The van der Waals surface area contributed by atoms with Crippen LogP contribution in [0.25, 0.3) is 22.4 Å². The van der Waals surface area contributed by atoms with Crippen molar-refractivity contribution in [1.82, 2.24) is 4.98 Å². The smallest absolute Gasteiger partial charge is 0.197 e. The molecule has 0 radical (unpaired) electrons. The maximum absolute atomic E-state index is 13.1. The van der Waals surface area contributed by atoms with E-state index in [1.54, 1.807) is 18.3 Å². The highest BCUT2D eigenvalue weighted by Gasteiger charge is 2.23. The number of nitrogens with zero attached hydrogens (tertiary/aromatic N) is 1. The number of furan rings is 1. The summed E-state index contributed by atoms with van der Waals surface area (Å²) in [7, 11) is 0. The summed E-state index contributed by atoms with van der Waals surface area (Å²) in [5.74, 6) is 0.429. The van der Waals surface area contributed by atoms with E-state index in [4.69, 9.17) is 4.42 Å². The Hall–Kier alpha value is -2.72. The molecule has 0 bridgehead atoms. The minimum absolute atomic E-state index is 0.0758. The van der Waals surface area contributed by atoms with Gasteiger partial charge >= 0.3 is 0 Å². The van der Waals surface area contributed by atoms with Gasteiger partial charge in [-0.25, -0.2) is 0 Å². The van der Waals surface area contributed by atoms with E-state index in [1.807, 2.05) is 54.6 Å². The van der Waals surface area contributed by atoms with Gasteiger partial charge in [-0.05, 0) is 42.5 Å². The number of pyridine rings is 1. The molecule has 116 valence electrons. The number of para-hydroxylation sites is 1. The molecular weight excluding hydrogens is 366 g/mol. The van der Waals surface area contributed by atoms with Gasteiger partial charge in [-0.1, -0.05) is 40.2 Å². The first-order valence-electron chi connectivity index (χ1n) is 7.47. The molecule has 0 amide bonds. The molecule has 0 atom stereocenters. The van der Waals surface area contributed by atoms with Crippen LogP contribution in [-0.2, 0) is 0 Å². The molecule has 4 aromatic rings. The lowest BCUT2D eigenvalue weighted by molar-refractivity contribution is 0.104. The Balaban J connectivity index is 1.96. The molecule has 24 heavy (non-hydrogen) atoms. The number of rotatable bonds is 3. The number of carbonyl (C=O) groups excluding carboxylic acids is 1. The monoisotopic (exact) mass is 377 g/mol. The Labute approximate surface area is 147 Å². The van der Waals surface area contributed by atoms with Crippen LogP contribution in [0.3, 0.4) is 0 Å². The highest BCUT2D eigenvalue weighted by Crippen LogP contribution is 2.34. The third-order valence-corrected chi connectivity index (χ3v) is 4.36. The third kappa shape index (κ3) is 2.55. The quantitative estimate of drug-likeness (QED) is 0.443. The average Bonchev–Trinajstić information content (AvgIpc) is 3.02. The van der Waals surface area contributed by atoms with E-state index < -0.39 is 0 Å². The summed E-state index contributed by atoms with van der Waals surface area (Å²) in [5.41, 5.74) is 2.49. The number of aromatic nitrogens is 1. The minimum atomic E-state index is -0.0758. The van der Waals surface area contributed by atoms with Gasteiger partial charge in [-0.2, -0.15) is 0 Å². The van der Waals surface area contributed by atoms with Crippen molar-refractivity contribution in [1.29, 1.82) is 0 Å². The zero-order chi connectivity index (χ0) is 16.5. The van der Waals surface area contributed by atoms with Gasteiger partial charge in [0.2, 0.25) is 0 Å². The minimum Gasteiger partial charge on any atom is -0.454 e. The van der Waals surface area contributed by atoms with Gasteiger partial charge in [0.25, 0.3) is 0 Å². The molecule has 4 rings (SSSR count). The summed E-state index contributed by atoms with van der Waals surface area (Å²) in [4.78, 5) is 17.5. The molecule has 0 spiro atoms. The van der Waals surface area contributed by atoms with E-state index >= 15 is 0 Å². The Morgan fingerprint density at radius 3 is 2.42 bits per heavy atom. The molecule has 0 fully saturated rings. The first kappa shape index (κ1) is 14.8. The first-order valence-corrected chi connectivity index (χ1v) is 8.26. The van der Waals surface area contributed by atoms with Gasteiger partial charge < -0.3 is 4.42 Å². The number of halogens is 1. The summed E-state index contributed by atoms with van der Waals surface area (Å²) in [5, 5.41) is 0.797. The van der Waals surface area contributed by atoms with Crippen LogP contribution < -0.4 is 0 Å². The number of benzene rings is 2. The molecule has 0 aliphatic carbocycles. The number of hydrogen-bond donors (Lipinski definition) is 0. The van der Waals surface area contributed by atoms with Crippen molar-refractivity contribution >= 4 is 32.7 Å². The highest BCUT2D eigenvalue weighted by molar-refractivity contribution is 9.10. The summed E-state index contributed by atoms with van der Waals surface area (Å²) in [6, 6.07) is 20.4. The van der Waals surface area contributed by atoms with E-state index in [0.717, 1.165) is 9.86 Å². The molecule has 2 aromatic carbocycles. The normalized spacial score (nSPS) is 10.9. The van der Waals surface area contributed by atoms with Crippen LogP contribution in [-0.4, -0.2) is 10.8 Å². The van der Waals surface area contributed by atoms with Gasteiger partial charge in [0.15, 0.2) is 11.5 Å². The lowest BCUT2D eigenvalue weighted by Gasteiger charge is -2.03. The largest absolute Gasteiger partial charge is 0.454 e. The van der Waals surface area contributed by atoms with Crippen LogP contribution in [0.4, 0.5) is 0 Å². The van der Waals surface area contributed by atoms with E-state index in [1.165, 1.54) is 0 Å². The predicted octanol–water partition coefficient (Wildman–Crippen LogP) is 5.49. The molecule has 0 N–H and O–H groups in total. The van der Waals surface area contributed by atoms with Crippen molar-refractivity contribution in [2.75, 3.05) is 0 Å². The second-order valence-corrected chi connectivity index (χ2v) is 6.27. The van der Waals surface area contributed by atoms with Gasteiger partial charge in [-0.3, -0.25) is 9.78 Å². The van der Waals surface area contributed by atoms with Crippen LogP contribution in [0, 0.1) is 0 Å². The Morgan fingerprint density at radius 1 is 0.917 bits per heavy atom. The average molecular weight is 378 g/mol. The topological polar surface area (TPSA) is 43.1 Å². The van der Waals surface area contributed by atoms with E-state index in [0.29, 0.717) is 28.2 Å². The SMILES string of the molecule is O=C(c1ccc(Br)cc1)c1c(-c2ccccn2)oc2ccccc12. The molecule has 3 nitrogen and oxygen atoms in total. The van der Waals surface area contributed by atoms with Crippen molar-refractivity contribution in [3.63, 3.8) is 0 Å². The number of ketones is 1. The summed E-state index contributed by atoms with van der Waals surface area (Å²) >= 11 is 3.39. The Morgan fingerprint density at radius 2 is 1.67 bits per heavy atom.